The average molecular weight is 389 g/mol. The van der Waals surface area contributed by atoms with E-state index in [1.54, 1.807) is 25.5 Å². The highest BCUT2D eigenvalue weighted by atomic mass is 16.5. The Morgan fingerprint density at radius 1 is 1.25 bits per heavy atom. The van der Waals surface area contributed by atoms with E-state index in [4.69, 9.17) is 4.74 Å². The van der Waals surface area contributed by atoms with Crippen molar-refractivity contribution in [3.63, 3.8) is 0 Å². The fourth-order valence-electron chi connectivity index (χ4n) is 4.13. The van der Waals surface area contributed by atoms with Crippen molar-refractivity contribution < 1.29 is 9.53 Å². The number of nitrogens with zero attached hydrogens (tertiary/aromatic N) is 3. The molecule has 0 atom stereocenters. The zero-order valence-corrected chi connectivity index (χ0v) is 16.7. The number of hydrogen-bond acceptors (Lipinski definition) is 5. The summed E-state index contributed by atoms with van der Waals surface area (Å²) in [5, 5.41) is 9.39. The van der Waals surface area contributed by atoms with Gasteiger partial charge in [-0.15, -0.1) is 0 Å². The highest BCUT2D eigenvalue weighted by Crippen LogP contribution is 2.33. The second-order valence-corrected chi connectivity index (χ2v) is 7.45. The first-order valence-electron chi connectivity index (χ1n) is 10.2. The summed E-state index contributed by atoms with van der Waals surface area (Å²) in [4.78, 5) is 23.0. The van der Waals surface area contributed by atoms with E-state index in [1.165, 1.54) is 32.1 Å². The fourth-order valence-corrected chi connectivity index (χ4v) is 4.13. The molecule has 1 saturated heterocycles. The summed E-state index contributed by atoms with van der Waals surface area (Å²) in [6.07, 6.45) is 9.52. The minimum atomic E-state index is -0.128. The molecule has 1 aliphatic carbocycles. The van der Waals surface area contributed by atoms with Crippen LogP contribution in [-0.2, 0) is 9.53 Å². The maximum absolute atomic E-state index is 12.1. The highest BCUT2D eigenvalue weighted by molar-refractivity contribution is 5.94. The molecule has 154 valence electrons. The van der Waals surface area contributed by atoms with Crippen LogP contribution in [0.3, 0.4) is 0 Å². The van der Waals surface area contributed by atoms with Crippen molar-refractivity contribution in [1.29, 1.82) is 0 Å². The number of nitrogens with one attached hydrogen (secondary N) is 3. The minimum Gasteiger partial charge on any atom is -0.379 e. The van der Waals surface area contributed by atoms with Crippen LogP contribution in [0.5, 0.6) is 0 Å². The molecule has 3 rings (SSSR count). The van der Waals surface area contributed by atoms with Crippen molar-refractivity contribution in [2.75, 3.05) is 51.8 Å². The molecule has 1 aromatic heterocycles. The van der Waals surface area contributed by atoms with Crippen LogP contribution in [-0.4, -0.2) is 73.7 Å². The van der Waals surface area contributed by atoms with Crippen LogP contribution >= 0.6 is 0 Å². The van der Waals surface area contributed by atoms with Crippen molar-refractivity contribution in [2.24, 2.45) is 4.99 Å². The molecule has 28 heavy (non-hydrogen) atoms. The topological polar surface area (TPSA) is 90.9 Å². The summed E-state index contributed by atoms with van der Waals surface area (Å²) in [6, 6.07) is 3.60. The third-order valence-corrected chi connectivity index (χ3v) is 5.64. The lowest BCUT2D eigenvalue weighted by molar-refractivity contribution is -0.115. The number of anilines is 1. The number of aliphatic imine (C=N–C) groups is 1. The quantitative estimate of drug-likeness (QED) is 0.501. The number of rotatable bonds is 6. The van der Waals surface area contributed by atoms with Crippen LogP contribution in [0.4, 0.5) is 5.69 Å². The van der Waals surface area contributed by atoms with E-state index in [0.717, 1.165) is 32.8 Å². The average Bonchev–Trinajstić information content (AvgIpc) is 2.76. The van der Waals surface area contributed by atoms with Gasteiger partial charge in [0.1, 0.15) is 0 Å². The molecule has 0 aromatic carbocycles. The van der Waals surface area contributed by atoms with Gasteiger partial charge in [-0.3, -0.25) is 19.7 Å². The summed E-state index contributed by atoms with van der Waals surface area (Å²) in [5.74, 6) is 0.524. The molecule has 2 fully saturated rings. The van der Waals surface area contributed by atoms with Crippen LogP contribution in [0.2, 0.25) is 0 Å². The molecule has 3 N–H and O–H groups in total. The van der Waals surface area contributed by atoms with E-state index in [1.807, 2.05) is 6.07 Å². The number of pyridine rings is 1. The van der Waals surface area contributed by atoms with Crippen molar-refractivity contribution in [3.8, 4) is 0 Å². The lowest BCUT2D eigenvalue weighted by Gasteiger charge is -2.48. The first-order chi connectivity index (χ1) is 13.7. The monoisotopic (exact) mass is 388 g/mol. The number of ether oxygens (including phenoxy) is 1. The van der Waals surface area contributed by atoms with E-state index in [2.05, 4.69) is 30.8 Å². The van der Waals surface area contributed by atoms with Crippen molar-refractivity contribution in [1.82, 2.24) is 20.5 Å². The van der Waals surface area contributed by atoms with Gasteiger partial charge in [0.15, 0.2) is 5.96 Å². The van der Waals surface area contributed by atoms with Crippen molar-refractivity contribution >= 4 is 17.6 Å². The van der Waals surface area contributed by atoms with Crippen molar-refractivity contribution in [2.45, 2.75) is 37.6 Å². The number of carbonyl (C=O) groups is 1. The zero-order valence-electron chi connectivity index (χ0n) is 16.7. The molecular weight excluding hydrogens is 356 g/mol. The van der Waals surface area contributed by atoms with E-state index in [-0.39, 0.29) is 18.0 Å². The molecule has 8 nitrogen and oxygen atoms in total. The molecular formula is C20H32N6O2. The van der Waals surface area contributed by atoms with Crippen molar-refractivity contribution in [3.05, 3.63) is 24.5 Å². The predicted molar refractivity (Wildman–Crippen MR) is 110 cm³/mol. The Morgan fingerprint density at radius 2 is 2.04 bits per heavy atom. The zero-order chi connectivity index (χ0) is 19.7. The number of aromatic nitrogens is 1. The molecule has 1 amide bonds. The van der Waals surface area contributed by atoms with Crippen LogP contribution in [0.25, 0.3) is 0 Å². The van der Waals surface area contributed by atoms with Crippen LogP contribution < -0.4 is 16.0 Å². The highest BCUT2D eigenvalue weighted by Gasteiger charge is 2.38. The summed E-state index contributed by atoms with van der Waals surface area (Å²) >= 11 is 0. The van der Waals surface area contributed by atoms with E-state index < -0.39 is 0 Å². The molecule has 2 aliphatic rings. The smallest absolute Gasteiger partial charge is 0.243 e. The van der Waals surface area contributed by atoms with Gasteiger partial charge < -0.3 is 20.7 Å². The molecule has 8 heteroatoms. The standard InChI is InChI=1S/C20H32N6O2/c1-21-19(23-15-18(27)25-17-6-5-9-22-14-17)24-16-20(7-3-2-4-8-20)26-10-12-28-13-11-26/h5-6,9,14H,2-4,7-8,10-13,15-16H2,1H3,(H,25,27)(H2,21,23,24). The largest absolute Gasteiger partial charge is 0.379 e. The first-order valence-corrected chi connectivity index (χ1v) is 10.2. The van der Waals surface area contributed by atoms with Gasteiger partial charge in [0.05, 0.1) is 31.6 Å². The van der Waals surface area contributed by atoms with Gasteiger partial charge >= 0.3 is 0 Å². The second-order valence-electron chi connectivity index (χ2n) is 7.45. The lowest BCUT2D eigenvalue weighted by atomic mass is 9.80. The number of morpholine rings is 1. The number of amides is 1. The maximum Gasteiger partial charge on any atom is 0.243 e. The predicted octanol–water partition coefficient (Wildman–Crippen LogP) is 1.22. The van der Waals surface area contributed by atoms with Gasteiger partial charge in [-0.25, -0.2) is 0 Å². The normalized spacial score (nSPS) is 20.4. The summed E-state index contributed by atoms with van der Waals surface area (Å²) < 4.78 is 5.55. The third kappa shape index (κ3) is 5.65. The molecule has 1 aromatic rings. The maximum atomic E-state index is 12.1. The molecule has 0 bridgehead atoms. The number of guanidine groups is 1. The molecule has 0 unspecified atom stereocenters. The summed E-state index contributed by atoms with van der Waals surface area (Å²) in [7, 11) is 1.73. The number of carbonyl (C=O) groups excluding carboxylic acids is 1. The molecule has 0 radical (unpaired) electrons. The third-order valence-electron chi connectivity index (χ3n) is 5.64. The lowest BCUT2D eigenvalue weighted by Crippen LogP contribution is -2.60. The van der Waals surface area contributed by atoms with Gasteiger partial charge in [0, 0.05) is 38.4 Å². The summed E-state index contributed by atoms with van der Waals surface area (Å²) in [6.45, 7) is 4.57. The molecule has 2 heterocycles. The number of hydrogen-bond donors (Lipinski definition) is 3. The second kappa shape index (κ2) is 10.4. The van der Waals surface area contributed by atoms with Crippen LogP contribution in [0, 0.1) is 0 Å². The SMILES string of the molecule is CN=C(NCC(=O)Nc1cccnc1)NCC1(N2CCOCC2)CCCCC1. The van der Waals surface area contributed by atoms with Gasteiger partial charge in [-0.2, -0.15) is 0 Å². The van der Waals surface area contributed by atoms with E-state index in [9.17, 15) is 4.79 Å². The first kappa shape index (κ1) is 20.5. The Labute approximate surface area is 167 Å². The van der Waals surface area contributed by atoms with Crippen LogP contribution in [0.1, 0.15) is 32.1 Å². The molecule has 0 spiro atoms. The van der Waals surface area contributed by atoms with E-state index in [0.29, 0.717) is 11.6 Å². The van der Waals surface area contributed by atoms with Gasteiger partial charge in [0.25, 0.3) is 0 Å². The Bertz CT molecular complexity index is 639. The van der Waals surface area contributed by atoms with Gasteiger partial charge in [-0.05, 0) is 25.0 Å². The summed E-state index contributed by atoms with van der Waals surface area (Å²) in [5.41, 5.74) is 0.836. The minimum absolute atomic E-state index is 0.128. The Balaban J connectivity index is 1.50. The Morgan fingerprint density at radius 3 is 2.71 bits per heavy atom. The van der Waals surface area contributed by atoms with Gasteiger partial charge in [0.2, 0.25) is 5.91 Å². The van der Waals surface area contributed by atoms with Gasteiger partial charge in [-0.1, -0.05) is 19.3 Å². The van der Waals surface area contributed by atoms with Crippen LogP contribution in [0.15, 0.2) is 29.5 Å². The fraction of sp³-hybridized carbons (Fsp3) is 0.650. The molecule has 1 aliphatic heterocycles. The Kier molecular flexibility index (Phi) is 7.62. The molecule has 1 saturated carbocycles. The van der Waals surface area contributed by atoms with E-state index >= 15 is 0 Å². The Hall–Kier alpha value is -2.19.